The van der Waals surface area contributed by atoms with E-state index in [1.54, 1.807) is 26.1 Å². The second-order valence-corrected chi connectivity index (χ2v) is 8.41. The Morgan fingerprint density at radius 1 is 1.03 bits per heavy atom. The van der Waals surface area contributed by atoms with Crippen molar-refractivity contribution in [1.29, 1.82) is 0 Å². The number of aryl methyl sites for hydroxylation is 3. The highest BCUT2D eigenvalue weighted by Gasteiger charge is 2.35. The smallest absolute Gasteiger partial charge is 0.417 e. The molecule has 0 radical (unpaired) electrons. The number of benzene rings is 1. The van der Waals surface area contributed by atoms with Gasteiger partial charge in [0.05, 0.1) is 16.6 Å². The zero-order chi connectivity index (χ0) is 22.9. The number of hydrogen-bond donors (Lipinski definition) is 0. The fraction of sp³-hybridized carbons (Fsp3) is 0.478. The molecule has 1 aliphatic rings. The fourth-order valence-corrected chi connectivity index (χ4v) is 4.12. The second-order valence-electron chi connectivity index (χ2n) is 8.41. The van der Waals surface area contributed by atoms with Crippen molar-refractivity contribution in [1.82, 2.24) is 24.6 Å². The molecule has 2 aromatic heterocycles. The zero-order valence-electron chi connectivity index (χ0n) is 18.6. The van der Waals surface area contributed by atoms with Crippen LogP contribution in [0.15, 0.2) is 30.3 Å². The Kier molecular flexibility index (Phi) is 6.39. The van der Waals surface area contributed by atoms with Crippen LogP contribution in [0, 0.1) is 6.92 Å². The molecule has 6 nitrogen and oxygen atoms in total. The van der Waals surface area contributed by atoms with Gasteiger partial charge in [0.1, 0.15) is 5.75 Å². The van der Waals surface area contributed by atoms with Crippen molar-refractivity contribution in [2.24, 2.45) is 7.05 Å². The predicted molar refractivity (Wildman–Crippen MR) is 117 cm³/mol. The molecule has 9 heteroatoms. The van der Waals surface area contributed by atoms with Crippen LogP contribution in [0.5, 0.6) is 11.6 Å². The van der Waals surface area contributed by atoms with Gasteiger partial charge in [-0.3, -0.25) is 4.68 Å². The molecule has 3 heterocycles. The van der Waals surface area contributed by atoms with Crippen LogP contribution in [0.1, 0.15) is 23.2 Å². The summed E-state index contributed by atoms with van der Waals surface area (Å²) in [6.45, 7) is 7.05. The summed E-state index contributed by atoms with van der Waals surface area (Å²) in [5.41, 5.74) is 0.819. The van der Waals surface area contributed by atoms with Gasteiger partial charge in [-0.05, 0) is 51.1 Å². The van der Waals surface area contributed by atoms with E-state index in [1.165, 1.54) is 10.2 Å². The summed E-state index contributed by atoms with van der Waals surface area (Å²) in [6.07, 6.45) is -2.51. The van der Waals surface area contributed by atoms with E-state index < -0.39 is 11.7 Å². The van der Waals surface area contributed by atoms with Crippen LogP contribution in [0.2, 0.25) is 0 Å². The first-order valence-corrected chi connectivity index (χ1v) is 10.8. The lowest BCUT2D eigenvalue weighted by Gasteiger charge is -2.32. The molecule has 1 fully saturated rings. The number of nitrogens with zero attached hydrogens (tertiary/aromatic N) is 5. The molecule has 4 rings (SSSR count). The minimum atomic E-state index is -4.53. The Morgan fingerprint density at radius 3 is 2.38 bits per heavy atom. The molecule has 0 aliphatic carbocycles. The number of aromatic nitrogens is 3. The lowest BCUT2D eigenvalue weighted by atomic mass is 10.1. The third-order valence-corrected chi connectivity index (χ3v) is 5.93. The number of ether oxygens (including phenoxy) is 1. The van der Waals surface area contributed by atoms with Crippen molar-refractivity contribution in [2.75, 3.05) is 39.8 Å². The molecule has 1 aromatic carbocycles. The standard InChI is InChI=1S/C23H28F3N5O/c1-16-21-19(23(24,25)26)15-20(27-22(21)30(3)28-16)32-18-8-6-17(7-9-18)5-4-10-31-13-11-29(2)12-14-31/h6-9,15H,4-5,10-14H2,1-3H3. The van der Waals surface area contributed by atoms with Crippen LogP contribution in [-0.2, 0) is 19.6 Å². The van der Waals surface area contributed by atoms with Crippen LogP contribution >= 0.6 is 0 Å². The summed E-state index contributed by atoms with van der Waals surface area (Å²) in [5.74, 6) is 0.349. The van der Waals surface area contributed by atoms with E-state index in [1.807, 2.05) is 12.1 Å². The molecule has 0 amide bonds. The number of likely N-dealkylation sites (N-methyl/N-ethyl adjacent to an activating group) is 1. The summed E-state index contributed by atoms with van der Waals surface area (Å²) in [6, 6.07) is 8.41. The maximum atomic E-state index is 13.6. The van der Waals surface area contributed by atoms with Crippen molar-refractivity contribution in [3.05, 3.63) is 47.2 Å². The summed E-state index contributed by atoms with van der Waals surface area (Å²) in [7, 11) is 3.72. The third-order valence-electron chi connectivity index (χ3n) is 5.93. The highest BCUT2D eigenvalue weighted by molar-refractivity contribution is 5.83. The lowest BCUT2D eigenvalue weighted by molar-refractivity contribution is -0.136. The first-order chi connectivity index (χ1) is 15.2. The minimum absolute atomic E-state index is 0.00282. The largest absolute Gasteiger partial charge is 0.439 e. The molecule has 0 atom stereocenters. The summed E-state index contributed by atoms with van der Waals surface area (Å²) in [5, 5.41) is 4.09. The molecule has 0 bridgehead atoms. The maximum Gasteiger partial charge on any atom is 0.417 e. The van der Waals surface area contributed by atoms with Crippen molar-refractivity contribution < 1.29 is 17.9 Å². The molecule has 1 saturated heterocycles. The number of rotatable bonds is 6. The Balaban J connectivity index is 1.42. The van der Waals surface area contributed by atoms with Crippen molar-refractivity contribution >= 4 is 11.0 Å². The number of alkyl halides is 3. The first-order valence-electron chi connectivity index (χ1n) is 10.8. The van der Waals surface area contributed by atoms with Gasteiger partial charge in [0.15, 0.2) is 5.65 Å². The highest BCUT2D eigenvalue weighted by Crippen LogP contribution is 2.38. The van der Waals surface area contributed by atoms with Crippen molar-refractivity contribution in [3.8, 4) is 11.6 Å². The summed E-state index contributed by atoms with van der Waals surface area (Å²) < 4.78 is 47.9. The van der Waals surface area contributed by atoms with E-state index >= 15 is 0 Å². The van der Waals surface area contributed by atoms with Crippen LogP contribution in [0.4, 0.5) is 13.2 Å². The van der Waals surface area contributed by atoms with E-state index in [-0.39, 0.29) is 22.6 Å². The number of hydrogen-bond acceptors (Lipinski definition) is 5. The highest BCUT2D eigenvalue weighted by atomic mass is 19.4. The molecule has 0 unspecified atom stereocenters. The minimum Gasteiger partial charge on any atom is -0.439 e. The van der Waals surface area contributed by atoms with Crippen LogP contribution in [-0.4, -0.2) is 64.3 Å². The third kappa shape index (κ3) is 5.05. The van der Waals surface area contributed by atoms with Gasteiger partial charge in [-0.1, -0.05) is 12.1 Å². The Morgan fingerprint density at radius 2 is 1.72 bits per heavy atom. The molecular weight excluding hydrogens is 419 g/mol. The monoisotopic (exact) mass is 447 g/mol. The molecule has 32 heavy (non-hydrogen) atoms. The SMILES string of the molecule is Cc1nn(C)c2nc(Oc3ccc(CCCN4CCN(C)CC4)cc3)cc(C(F)(F)F)c12. The van der Waals surface area contributed by atoms with Gasteiger partial charge in [-0.2, -0.15) is 23.3 Å². The number of halogens is 3. The molecular formula is C23H28F3N5O. The number of fused-ring (bicyclic) bond motifs is 1. The molecule has 0 N–H and O–H groups in total. The summed E-state index contributed by atoms with van der Waals surface area (Å²) >= 11 is 0. The van der Waals surface area contributed by atoms with Crippen molar-refractivity contribution in [3.63, 3.8) is 0 Å². The fourth-order valence-electron chi connectivity index (χ4n) is 4.12. The molecule has 172 valence electrons. The van der Waals surface area contributed by atoms with E-state index in [9.17, 15) is 13.2 Å². The van der Waals surface area contributed by atoms with Gasteiger partial charge in [0.25, 0.3) is 0 Å². The predicted octanol–water partition coefficient (Wildman–Crippen LogP) is 4.27. The van der Waals surface area contributed by atoms with E-state index in [0.29, 0.717) is 5.75 Å². The van der Waals surface area contributed by atoms with Gasteiger partial charge in [0, 0.05) is 39.3 Å². The van der Waals surface area contributed by atoms with Gasteiger partial charge in [-0.15, -0.1) is 0 Å². The van der Waals surface area contributed by atoms with Crippen molar-refractivity contribution in [2.45, 2.75) is 25.9 Å². The van der Waals surface area contributed by atoms with Crippen LogP contribution in [0.25, 0.3) is 11.0 Å². The Hall–Kier alpha value is -2.65. The first kappa shape index (κ1) is 22.5. The van der Waals surface area contributed by atoms with Gasteiger partial charge < -0.3 is 14.5 Å². The number of piperazine rings is 1. The molecule has 3 aromatic rings. The Bertz CT molecular complexity index is 1070. The topological polar surface area (TPSA) is 46.4 Å². The Labute approximate surface area is 185 Å². The van der Waals surface area contributed by atoms with Gasteiger partial charge in [-0.25, -0.2) is 0 Å². The van der Waals surface area contributed by atoms with E-state index in [0.717, 1.165) is 51.6 Å². The van der Waals surface area contributed by atoms with Crippen LogP contribution in [0.3, 0.4) is 0 Å². The molecule has 0 spiro atoms. The quantitative estimate of drug-likeness (QED) is 0.565. The van der Waals surface area contributed by atoms with Gasteiger partial charge >= 0.3 is 6.18 Å². The van der Waals surface area contributed by atoms with Gasteiger partial charge in [0.2, 0.25) is 5.88 Å². The summed E-state index contributed by atoms with van der Waals surface area (Å²) in [4.78, 5) is 9.09. The van der Waals surface area contributed by atoms with E-state index in [2.05, 4.69) is 26.9 Å². The van der Waals surface area contributed by atoms with Crippen LogP contribution < -0.4 is 4.74 Å². The molecule has 1 aliphatic heterocycles. The maximum absolute atomic E-state index is 13.6. The second kappa shape index (κ2) is 9.07. The lowest BCUT2D eigenvalue weighted by Crippen LogP contribution is -2.44. The normalized spacial score (nSPS) is 16.1. The van der Waals surface area contributed by atoms with E-state index in [4.69, 9.17) is 4.74 Å². The average molecular weight is 448 g/mol. The molecule has 0 saturated carbocycles. The number of pyridine rings is 1. The average Bonchev–Trinajstić information content (AvgIpc) is 3.03. The zero-order valence-corrected chi connectivity index (χ0v) is 18.6.